The molecule has 1 heterocycles. The van der Waals surface area contributed by atoms with Gasteiger partial charge in [-0.3, -0.25) is 0 Å². The van der Waals surface area contributed by atoms with Gasteiger partial charge in [0.15, 0.2) is 0 Å². The van der Waals surface area contributed by atoms with E-state index in [0.29, 0.717) is 29.0 Å². The first kappa shape index (κ1) is 23.9. The van der Waals surface area contributed by atoms with E-state index in [1.807, 2.05) is 0 Å². The fourth-order valence-electron chi connectivity index (χ4n) is 9.55. The van der Waals surface area contributed by atoms with Crippen LogP contribution in [0.5, 0.6) is 0 Å². The maximum Gasteiger partial charge on any atom is 0.0875 e. The van der Waals surface area contributed by atoms with Gasteiger partial charge in [0.2, 0.25) is 0 Å². The highest BCUT2D eigenvalue weighted by molar-refractivity contribution is 5.27. The largest absolute Gasteiger partial charge is 0.373 e. The van der Waals surface area contributed by atoms with Gasteiger partial charge in [-0.25, -0.2) is 0 Å². The Bertz CT molecular complexity index is 798. The van der Waals surface area contributed by atoms with Crippen molar-refractivity contribution in [1.29, 1.82) is 5.26 Å². The third-order valence-electron chi connectivity index (χ3n) is 11.5. The molecule has 0 spiro atoms. The molecule has 5 rings (SSSR count). The van der Waals surface area contributed by atoms with Gasteiger partial charge in [-0.2, -0.15) is 5.26 Å². The summed E-state index contributed by atoms with van der Waals surface area (Å²) in [5, 5.41) is 9.56. The molecule has 3 nitrogen and oxygen atoms in total. The first-order valence-corrected chi connectivity index (χ1v) is 14.1. The van der Waals surface area contributed by atoms with Crippen molar-refractivity contribution in [2.45, 2.75) is 105 Å². The first-order chi connectivity index (χ1) is 15.8. The summed E-state index contributed by atoms with van der Waals surface area (Å²) in [4.78, 5) is 0. The van der Waals surface area contributed by atoms with Gasteiger partial charge < -0.3 is 9.47 Å². The van der Waals surface area contributed by atoms with Crippen molar-refractivity contribution >= 4 is 0 Å². The molecule has 3 saturated carbocycles. The number of rotatable bonds is 5. The van der Waals surface area contributed by atoms with E-state index in [9.17, 15) is 5.26 Å². The minimum Gasteiger partial charge on any atom is -0.373 e. The van der Waals surface area contributed by atoms with Gasteiger partial charge in [-0.15, -0.1) is 0 Å². The number of allylic oxidation sites excluding steroid dienone is 1. The molecule has 0 aromatic carbocycles. The van der Waals surface area contributed by atoms with Gasteiger partial charge in [0.05, 0.1) is 31.5 Å². The van der Waals surface area contributed by atoms with Crippen LogP contribution < -0.4 is 0 Å². The standard InChI is InChI=1S/C30H47NO2/c1-19(2)21(18-31)7-6-20(3)24-10-11-25-23-9-8-22-16-27-28(33-15-14-32-27)17-30(22,5)26(23)12-13-29(24,25)4/h8,19-21,23-28H,6-7,9-17H2,1-5H3/t20-,21?,23+,24-,25+,26+,27?,28?,29-,30+/m1/s1. The normalized spacial score (nSPS) is 46.3. The van der Waals surface area contributed by atoms with E-state index in [1.165, 1.54) is 44.9 Å². The number of hydrogen-bond acceptors (Lipinski definition) is 3. The molecule has 0 radical (unpaired) electrons. The highest BCUT2D eigenvalue weighted by Crippen LogP contribution is 2.67. The Kier molecular flexibility index (Phi) is 6.50. The predicted molar refractivity (Wildman–Crippen MR) is 132 cm³/mol. The number of nitriles is 1. The molecule has 33 heavy (non-hydrogen) atoms. The van der Waals surface area contributed by atoms with Gasteiger partial charge in [-0.1, -0.05) is 46.3 Å². The van der Waals surface area contributed by atoms with Crippen LogP contribution in [0.2, 0.25) is 0 Å². The summed E-state index contributed by atoms with van der Waals surface area (Å²) in [5.41, 5.74) is 2.50. The second-order valence-electron chi connectivity index (χ2n) is 13.2. The third kappa shape index (κ3) is 3.92. The van der Waals surface area contributed by atoms with Crippen LogP contribution in [0.1, 0.15) is 92.4 Å². The first-order valence-electron chi connectivity index (χ1n) is 14.1. The molecule has 0 N–H and O–H groups in total. The van der Waals surface area contributed by atoms with Crippen molar-refractivity contribution in [3.05, 3.63) is 11.6 Å². The van der Waals surface area contributed by atoms with E-state index in [4.69, 9.17) is 9.47 Å². The van der Waals surface area contributed by atoms with Crippen LogP contribution in [0.25, 0.3) is 0 Å². The minimum absolute atomic E-state index is 0.219. The van der Waals surface area contributed by atoms with E-state index >= 15 is 0 Å². The quantitative estimate of drug-likeness (QED) is 0.414. The third-order valence-corrected chi connectivity index (χ3v) is 11.5. The summed E-state index contributed by atoms with van der Waals surface area (Å²) in [6, 6.07) is 2.58. The Labute approximate surface area is 202 Å². The van der Waals surface area contributed by atoms with Crippen molar-refractivity contribution < 1.29 is 9.47 Å². The molecule has 1 saturated heterocycles. The summed E-state index contributed by atoms with van der Waals surface area (Å²) in [5.74, 6) is 4.80. The average Bonchev–Trinajstić information content (AvgIpc) is 3.14. The molecule has 1 aliphatic heterocycles. The van der Waals surface area contributed by atoms with Crippen LogP contribution in [0.3, 0.4) is 0 Å². The number of fused-ring (bicyclic) bond motifs is 6. The van der Waals surface area contributed by atoms with Crippen molar-refractivity contribution in [3.8, 4) is 6.07 Å². The van der Waals surface area contributed by atoms with E-state index in [2.05, 4.69) is 46.8 Å². The maximum atomic E-state index is 9.56. The summed E-state index contributed by atoms with van der Waals surface area (Å²) in [6.07, 6.45) is 14.7. The summed E-state index contributed by atoms with van der Waals surface area (Å²) in [7, 11) is 0. The highest BCUT2D eigenvalue weighted by atomic mass is 16.6. The van der Waals surface area contributed by atoms with E-state index < -0.39 is 0 Å². The summed E-state index contributed by atoms with van der Waals surface area (Å²) >= 11 is 0. The molecule has 184 valence electrons. The lowest BCUT2D eigenvalue weighted by Crippen LogP contribution is -2.55. The SMILES string of the molecule is CC(C)C(C#N)CC[C@@H](C)[C@H]1CC[C@H]2[C@@H]3CC=C4CC5OCCOC5C[C@]4(C)[C@H]3CC[C@]12C. The molecule has 0 aromatic rings. The van der Waals surface area contributed by atoms with Crippen LogP contribution >= 0.6 is 0 Å². The molecular weight excluding hydrogens is 406 g/mol. The number of ether oxygens (including phenoxy) is 2. The predicted octanol–water partition coefficient (Wildman–Crippen LogP) is 7.17. The lowest BCUT2D eigenvalue weighted by molar-refractivity contribution is -0.173. The fourth-order valence-corrected chi connectivity index (χ4v) is 9.55. The van der Waals surface area contributed by atoms with Crippen molar-refractivity contribution in [1.82, 2.24) is 0 Å². The molecule has 10 atom stereocenters. The number of hydrogen-bond donors (Lipinski definition) is 0. The molecule has 0 amide bonds. The van der Waals surface area contributed by atoms with E-state index in [1.54, 1.807) is 5.57 Å². The summed E-state index contributed by atoms with van der Waals surface area (Å²) in [6.45, 7) is 13.7. The molecule has 0 bridgehead atoms. The molecule has 4 aliphatic carbocycles. The van der Waals surface area contributed by atoms with Gasteiger partial charge in [0.1, 0.15) is 0 Å². The average molecular weight is 454 g/mol. The van der Waals surface area contributed by atoms with Crippen molar-refractivity contribution in [2.75, 3.05) is 13.2 Å². The van der Waals surface area contributed by atoms with Gasteiger partial charge in [0, 0.05) is 5.92 Å². The van der Waals surface area contributed by atoms with Crippen LogP contribution in [-0.4, -0.2) is 25.4 Å². The highest BCUT2D eigenvalue weighted by Gasteiger charge is 2.60. The Morgan fingerprint density at radius 1 is 1.03 bits per heavy atom. The second-order valence-corrected chi connectivity index (χ2v) is 13.2. The monoisotopic (exact) mass is 453 g/mol. The second kappa shape index (κ2) is 8.98. The molecule has 5 aliphatic rings. The van der Waals surface area contributed by atoms with Crippen molar-refractivity contribution in [3.63, 3.8) is 0 Å². The van der Waals surface area contributed by atoms with Gasteiger partial charge >= 0.3 is 0 Å². The Balaban J connectivity index is 1.31. The molecule has 0 aromatic heterocycles. The fraction of sp³-hybridized carbons (Fsp3) is 0.900. The molecule has 4 fully saturated rings. The van der Waals surface area contributed by atoms with Gasteiger partial charge in [-0.05, 0) is 104 Å². The maximum absolute atomic E-state index is 9.56. The smallest absolute Gasteiger partial charge is 0.0875 e. The lowest BCUT2D eigenvalue weighted by Gasteiger charge is -2.59. The molecule has 3 unspecified atom stereocenters. The van der Waals surface area contributed by atoms with Crippen molar-refractivity contribution in [2.24, 2.45) is 52.3 Å². The minimum atomic E-state index is 0.219. The topological polar surface area (TPSA) is 42.2 Å². The van der Waals surface area contributed by atoms with Crippen LogP contribution in [-0.2, 0) is 9.47 Å². The zero-order valence-electron chi connectivity index (χ0n) is 21.8. The lowest BCUT2D eigenvalue weighted by atomic mass is 9.46. The van der Waals surface area contributed by atoms with Crippen LogP contribution in [0.4, 0.5) is 0 Å². The Hall–Kier alpha value is -0.850. The Morgan fingerprint density at radius 2 is 1.79 bits per heavy atom. The van der Waals surface area contributed by atoms with Crippen LogP contribution in [0.15, 0.2) is 11.6 Å². The van der Waals surface area contributed by atoms with E-state index in [-0.39, 0.29) is 5.92 Å². The zero-order chi connectivity index (χ0) is 23.4. The van der Waals surface area contributed by atoms with Crippen LogP contribution in [0, 0.1) is 63.6 Å². The molecule has 3 heteroatoms. The summed E-state index contributed by atoms with van der Waals surface area (Å²) < 4.78 is 12.3. The molecular formula is C30H47NO2. The zero-order valence-corrected chi connectivity index (χ0v) is 21.8. The Morgan fingerprint density at radius 3 is 2.52 bits per heavy atom. The van der Waals surface area contributed by atoms with E-state index in [0.717, 1.165) is 55.6 Å². The van der Waals surface area contributed by atoms with Gasteiger partial charge in [0.25, 0.3) is 0 Å². The number of nitrogens with zero attached hydrogens (tertiary/aromatic N) is 1.